The average Bonchev–Trinajstić information content (AvgIpc) is 2.51. The standard InChI is InChI=1S/C20H36O2Si/c1-15(2)23(16(3)4,17(5)6)22-19-10-12-20(14-21)11-8-7-9-18(20)13-19/h10,14-18H,7-9,11-13H2,1-6H3/t18-,20+/m0/s1. The van der Waals surface area contributed by atoms with Crippen LogP contribution < -0.4 is 0 Å². The molecule has 0 spiro atoms. The van der Waals surface area contributed by atoms with Gasteiger partial charge in [-0.1, -0.05) is 54.4 Å². The molecule has 2 aliphatic carbocycles. The molecule has 23 heavy (non-hydrogen) atoms. The Bertz CT molecular complexity index is 431. The molecule has 132 valence electrons. The van der Waals surface area contributed by atoms with E-state index in [-0.39, 0.29) is 5.41 Å². The van der Waals surface area contributed by atoms with E-state index in [2.05, 4.69) is 47.6 Å². The van der Waals surface area contributed by atoms with Crippen LogP contribution in [0.25, 0.3) is 0 Å². The molecule has 0 saturated heterocycles. The summed E-state index contributed by atoms with van der Waals surface area (Å²) >= 11 is 0. The molecular formula is C20H36O2Si. The molecule has 0 radical (unpaired) electrons. The molecule has 1 saturated carbocycles. The van der Waals surface area contributed by atoms with Crippen LogP contribution in [0, 0.1) is 11.3 Å². The summed E-state index contributed by atoms with van der Waals surface area (Å²) in [6.07, 6.45) is 10.2. The molecule has 0 amide bonds. The van der Waals surface area contributed by atoms with Gasteiger partial charge < -0.3 is 9.22 Å². The normalized spacial score (nSPS) is 28.7. The summed E-state index contributed by atoms with van der Waals surface area (Å²) in [5, 5.41) is 0. The zero-order chi connectivity index (χ0) is 17.3. The largest absolute Gasteiger partial charge is 0.546 e. The molecule has 0 N–H and O–H groups in total. The van der Waals surface area contributed by atoms with Crippen molar-refractivity contribution >= 4 is 14.6 Å². The zero-order valence-electron chi connectivity index (χ0n) is 16.0. The highest BCUT2D eigenvalue weighted by Gasteiger charge is 2.49. The summed E-state index contributed by atoms with van der Waals surface area (Å²) in [5.41, 5.74) is 1.73. The van der Waals surface area contributed by atoms with Crippen molar-refractivity contribution in [3.63, 3.8) is 0 Å². The number of hydrogen-bond donors (Lipinski definition) is 0. The fourth-order valence-electron chi connectivity index (χ4n) is 5.41. The minimum atomic E-state index is -1.86. The SMILES string of the molecule is CC(C)[Si](OC1=CC[C@@]2(C=O)CCCC[C@H]2C1)(C(C)C)C(C)C. The van der Waals surface area contributed by atoms with E-state index in [1.807, 2.05) is 0 Å². The summed E-state index contributed by atoms with van der Waals surface area (Å²) in [4.78, 5) is 11.8. The van der Waals surface area contributed by atoms with Crippen LogP contribution in [-0.4, -0.2) is 14.6 Å². The van der Waals surface area contributed by atoms with Gasteiger partial charge in [0, 0.05) is 11.8 Å². The van der Waals surface area contributed by atoms with Crippen LogP contribution in [0.5, 0.6) is 0 Å². The smallest absolute Gasteiger partial charge is 0.258 e. The van der Waals surface area contributed by atoms with Crippen molar-refractivity contribution in [3.05, 3.63) is 11.8 Å². The van der Waals surface area contributed by atoms with Gasteiger partial charge in [-0.2, -0.15) is 0 Å². The lowest BCUT2D eigenvalue weighted by Crippen LogP contribution is -2.48. The number of carbonyl (C=O) groups excluding carboxylic acids is 1. The molecule has 2 rings (SSSR count). The number of allylic oxidation sites excluding steroid dienone is 2. The number of fused-ring (bicyclic) bond motifs is 1. The fourth-order valence-corrected chi connectivity index (χ4v) is 10.7. The van der Waals surface area contributed by atoms with Gasteiger partial charge in [-0.05, 0) is 47.9 Å². The molecule has 2 nitrogen and oxygen atoms in total. The quantitative estimate of drug-likeness (QED) is 0.424. The first-order chi connectivity index (χ1) is 10.8. The van der Waals surface area contributed by atoms with Crippen molar-refractivity contribution in [2.24, 2.45) is 11.3 Å². The molecule has 0 aromatic rings. The number of hydrogen-bond acceptors (Lipinski definition) is 2. The Morgan fingerprint density at radius 1 is 1.13 bits per heavy atom. The third-order valence-corrected chi connectivity index (χ3v) is 12.7. The zero-order valence-corrected chi connectivity index (χ0v) is 17.0. The van der Waals surface area contributed by atoms with Gasteiger partial charge in [-0.15, -0.1) is 0 Å². The van der Waals surface area contributed by atoms with Crippen LogP contribution in [0.2, 0.25) is 16.6 Å². The minimum Gasteiger partial charge on any atom is -0.546 e. The van der Waals surface area contributed by atoms with Gasteiger partial charge in [0.2, 0.25) is 0 Å². The maximum absolute atomic E-state index is 11.8. The number of rotatable bonds is 6. The summed E-state index contributed by atoms with van der Waals surface area (Å²) in [7, 11) is -1.86. The van der Waals surface area contributed by atoms with Gasteiger partial charge in [-0.25, -0.2) is 0 Å². The molecule has 3 heteroatoms. The van der Waals surface area contributed by atoms with Gasteiger partial charge in [-0.3, -0.25) is 0 Å². The molecule has 0 aromatic heterocycles. The van der Waals surface area contributed by atoms with Crippen LogP contribution in [0.4, 0.5) is 0 Å². The third-order valence-electron chi connectivity index (χ3n) is 6.66. The lowest BCUT2D eigenvalue weighted by atomic mass is 9.62. The Kier molecular flexibility index (Phi) is 5.81. The fraction of sp³-hybridized carbons (Fsp3) is 0.850. The molecular weight excluding hydrogens is 300 g/mol. The van der Waals surface area contributed by atoms with Crippen LogP contribution in [0.3, 0.4) is 0 Å². The van der Waals surface area contributed by atoms with E-state index >= 15 is 0 Å². The summed E-state index contributed by atoms with van der Waals surface area (Å²) in [5.74, 6) is 1.71. The highest BCUT2D eigenvalue weighted by molar-refractivity contribution is 6.77. The second-order valence-electron chi connectivity index (χ2n) is 8.79. The molecule has 0 aliphatic heterocycles. The maximum atomic E-state index is 11.8. The van der Waals surface area contributed by atoms with Gasteiger partial charge in [0.1, 0.15) is 6.29 Å². The van der Waals surface area contributed by atoms with E-state index in [4.69, 9.17) is 4.43 Å². The monoisotopic (exact) mass is 336 g/mol. The van der Waals surface area contributed by atoms with Crippen molar-refractivity contribution in [1.82, 2.24) is 0 Å². The highest BCUT2D eigenvalue weighted by Crippen LogP contribution is 2.51. The Balaban J connectivity index is 2.25. The molecule has 0 aromatic carbocycles. The van der Waals surface area contributed by atoms with E-state index in [1.54, 1.807) is 0 Å². The van der Waals surface area contributed by atoms with Crippen LogP contribution in [0.1, 0.15) is 80.1 Å². The Morgan fingerprint density at radius 2 is 1.74 bits per heavy atom. The van der Waals surface area contributed by atoms with Crippen LogP contribution >= 0.6 is 0 Å². The summed E-state index contributed by atoms with van der Waals surface area (Å²) in [6, 6.07) is 0. The average molecular weight is 337 g/mol. The van der Waals surface area contributed by atoms with Crippen molar-refractivity contribution in [2.45, 2.75) is 96.7 Å². The van der Waals surface area contributed by atoms with E-state index in [0.717, 1.165) is 19.3 Å². The Hall–Kier alpha value is -0.573. The maximum Gasteiger partial charge on any atom is 0.258 e. The predicted octanol–water partition coefficient (Wildman–Crippen LogP) is 6.23. The van der Waals surface area contributed by atoms with Crippen molar-refractivity contribution < 1.29 is 9.22 Å². The van der Waals surface area contributed by atoms with Gasteiger partial charge in [0.15, 0.2) is 0 Å². The van der Waals surface area contributed by atoms with E-state index in [9.17, 15) is 4.79 Å². The first kappa shape index (κ1) is 18.8. The Morgan fingerprint density at radius 3 is 2.26 bits per heavy atom. The summed E-state index contributed by atoms with van der Waals surface area (Å²) < 4.78 is 6.89. The van der Waals surface area contributed by atoms with Crippen molar-refractivity contribution in [3.8, 4) is 0 Å². The Labute approximate surface area is 144 Å². The number of aldehydes is 1. The van der Waals surface area contributed by atoms with E-state index in [1.165, 1.54) is 31.3 Å². The molecule has 0 unspecified atom stereocenters. The first-order valence-electron chi connectivity index (χ1n) is 9.63. The van der Waals surface area contributed by atoms with Gasteiger partial charge >= 0.3 is 0 Å². The second kappa shape index (κ2) is 7.12. The summed E-state index contributed by atoms with van der Waals surface area (Å²) in [6.45, 7) is 14.0. The van der Waals surface area contributed by atoms with Crippen LogP contribution in [0.15, 0.2) is 11.8 Å². The lowest BCUT2D eigenvalue weighted by molar-refractivity contribution is -0.121. The second-order valence-corrected chi connectivity index (χ2v) is 14.2. The van der Waals surface area contributed by atoms with Gasteiger partial charge in [0.25, 0.3) is 8.32 Å². The van der Waals surface area contributed by atoms with E-state index < -0.39 is 8.32 Å². The van der Waals surface area contributed by atoms with Gasteiger partial charge in [0.05, 0.1) is 5.76 Å². The molecule has 2 aliphatic rings. The minimum absolute atomic E-state index is 0.0805. The van der Waals surface area contributed by atoms with Crippen LogP contribution in [-0.2, 0) is 9.22 Å². The molecule has 2 atom stereocenters. The van der Waals surface area contributed by atoms with Crippen molar-refractivity contribution in [1.29, 1.82) is 0 Å². The highest BCUT2D eigenvalue weighted by atomic mass is 28.4. The lowest BCUT2D eigenvalue weighted by Gasteiger charge is -2.47. The van der Waals surface area contributed by atoms with Crippen molar-refractivity contribution in [2.75, 3.05) is 0 Å². The molecule has 0 bridgehead atoms. The third kappa shape index (κ3) is 3.31. The molecule has 0 heterocycles. The molecule has 1 fully saturated rings. The predicted molar refractivity (Wildman–Crippen MR) is 99.9 cm³/mol. The first-order valence-corrected chi connectivity index (χ1v) is 11.8. The number of carbonyl (C=O) groups is 1. The van der Waals surface area contributed by atoms with E-state index in [0.29, 0.717) is 22.5 Å². The topological polar surface area (TPSA) is 26.3 Å².